The van der Waals surface area contributed by atoms with Crippen LogP contribution in [0.2, 0.25) is 10.0 Å². The molecule has 0 aromatic carbocycles. The Morgan fingerprint density at radius 3 is 2.45 bits per heavy atom. The fourth-order valence-electron chi connectivity index (χ4n) is 3.31. The first-order valence-corrected chi connectivity index (χ1v) is 7.60. The molecule has 1 saturated heterocycles. The topological polar surface area (TPSA) is 34.2 Å². The molecule has 0 saturated carbocycles. The van der Waals surface area contributed by atoms with Crippen molar-refractivity contribution < 1.29 is 4.74 Å². The third kappa shape index (κ3) is 3.11. The minimum atomic E-state index is -0.234. The molecule has 0 aliphatic carbocycles. The van der Waals surface area contributed by atoms with Gasteiger partial charge in [0.15, 0.2) is 0 Å². The Hall–Kier alpha value is -0.350. The zero-order valence-corrected chi connectivity index (χ0v) is 14.1. The first-order chi connectivity index (χ1) is 9.16. The van der Waals surface area contributed by atoms with Gasteiger partial charge in [-0.25, -0.2) is 0 Å². The van der Waals surface area contributed by atoms with Crippen LogP contribution in [0.4, 0.5) is 0 Å². The molecule has 1 aliphatic heterocycles. The molecule has 0 spiro atoms. The highest BCUT2D eigenvalue weighted by Crippen LogP contribution is 2.48. The summed E-state index contributed by atoms with van der Waals surface area (Å²) in [6, 6.07) is 1.78. The summed E-state index contributed by atoms with van der Waals surface area (Å²) in [5.41, 5.74) is 0.460. The van der Waals surface area contributed by atoms with E-state index >= 15 is 0 Å². The minimum Gasteiger partial charge on any atom is -0.369 e. The third-order valence-electron chi connectivity index (χ3n) is 3.99. The predicted molar refractivity (Wildman–Crippen MR) is 83.4 cm³/mol. The van der Waals surface area contributed by atoms with Crippen molar-refractivity contribution >= 4 is 23.2 Å². The summed E-state index contributed by atoms with van der Waals surface area (Å²) >= 11 is 12.3. The van der Waals surface area contributed by atoms with E-state index in [9.17, 15) is 0 Å². The van der Waals surface area contributed by atoms with Gasteiger partial charge in [0, 0.05) is 12.1 Å². The average Bonchev–Trinajstić information content (AvgIpc) is 2.51. The van der Waals surface area contributed by atoms with E-state index in [4.69, 9.17) is 27.9 Å². The maximum atomic E-state index is 6.32. The molecule has 2 atom stereocenters. The standard InChI is InChI=1S/C15H22Cl2N2O/c1-14(2)7-10(15(3,4)20-14)12(18-5)13-11(17)6-9(16)8-19-13/h6,8,10,12,18H,7H2,1-5H3. The number of halogens is 2. The van der Waals surface area contributed by atoms with Gasteiger partial charge in [-0.2, -0.15) is 0 Å². The van der Waals surface area contributed by atoms with E-state index in [1.54, 1.807) is 12.3 Å². The van der Waals surface area contributed by atoms with Crippen LogP contribution in [-0.2, 0) is 4.74 Å². The van der Waals surface area contributed by atoms with E-state index in [1.807, 2.05) is 7.05 Å². The van der Waals surface area contributed by atoms with Crippen molar-refractivity contribution in [3.8, 4) is 0 Å². The van der Waals surface area contributed by atoms with Crippen molar-refractivity contribution in [1.82, 2.24) is 10.3 Å². The monoisotopic (exact) mass is 316 g/mol. The van der Waals surface area contributed by atoms with E-state index in [-0.39, 0.29) is 23.2 Å². The maximum Gasteiger partial charge on any atom is 0.0764 e. The Morgan fingerprint density at radius 2 is 2.00 bits per heavy atom. The van der Waals surface area contributed by atoms with Crippen LogP contribution in [0.3, 0.4) is 0 Å². The second-order valence-electron chi connectivity index (χ2n) is 6.56. The van der Waals surface area contributed by atoms with Crippen LogP contribution in [0.25, 0.3) is 0 Å². The first kappa shape index (κ1) is 16.0. The van der Waals surface area contributed by atoms with Gasteiger partial charge in [-0.05, 0) is 47.2 Å². The largest absolute Gasteiger partial charge is 0.369 e. The Labute approximate surface area is 131 Å². The number of ether oxygens (including phenoxy) is 1. The van der Waals surface area contributed by atoms with Crippen molar-refractivity contribution in [1.29, 1.82) is 0 Å². The number of hydrogen-bond donors (Lipinski definition) is 1. The molecule has 1 aromatic heterocycles. The first-order valence-electron chi connectivity index (χ1n) is 6.85. The van der Waals surface area contributed by atoms with Crippen molar-refractivity contribution in [3.05, 3.63) is 28.0 Å². The molecule has 0 amide bonds. The van der Waals surface area contributed by atoms with Crippen LogP contribution in [0, 0.1) is 5.92 Å². The number of rotatable bonds is 3. The molecule has 2 rings (SSSR count). The van der Waals surface area contributed by atoms with E-state index in [2.05, 4.69) is 38.0 Å². The molecule has 1 aromatic rings. The van der Waals surface area contributed by atoms with Crippen LogP contribution >= 0.6 is 23.2 Å². The van der Waals surface area contributed by atoms with Gasteiger partial charge in [-0.1, -0.05) is 23.2 Å². The zero-order valence-electron chi connectivity index (χ0n) is 12.6. The minimum absolute atomic E-state index is 0.0385. The van der Waals surface area contributed by atoms with E-state index in [0.717, 1.165) is 12.1 Å². The fraction of sp³-hybridized carbons (Fsp3) is 0.667. The lowest BCUT2D eigenvalue weighted by atomic mass is 9.80. The Balaban J connectivity index is 2.37. The molecule has 1 fully saturated rings. The molecule has 112 valence electrons. The molecule has 3 nitrogen and oxygen atoms in total. The third-order valence-corrected chi connectivity index (χ3v) is 4.50. The molecule has 20 heavy (non-hydrogen) atoms. The summed E-state index contributed by atoms with van der Waals surface area (Å²) in [4.78, 5) is 4.42. The quantitative estimate of drug-likeness (QED) is 0.905. The van der Waals surface area contributed by atoms with Gasteiger partial charge < -0.3 is 10.1 Å². The van der Waals surface area contributed by atoms with Gasteiger partial charge in [-0.15, -0.1) is 0 Å². The normalized spacial score (nSPS) is 25.6. The van der Waals surface area contributed by atoms with Crippen molar-refractivity contribution in [2.75, 3.05) is 7.05 Å². The molecule has 2 heterocycles. The number of nitrogens with one attached hydrogen (secondary N) is 1. The van der Waals surface area contributed by atoms with Gasteiger partial charge in [-0.3, -0.25) is 4.98 Å². The van der Waals surface area contributed by atoms with E-state index < -0.39 is 0 Å². The van der Waals surface area contributed by atoms with Crippen molar-refractivity contribution in [2.45, 2.75) is 51.4 Å². The van der Waals surface area contributed by atoms with Gasteiger partial charge in [0.1, 0.15) is 0 Å². The summed E-state index contributed by atoms with van der Waals surface area (Å²) in [6.07, 6.45) is 2.59. The van der Waals surface area contributed by atoms with Crippen LogP contribution in [0.1, 0.15) is 45.9 Å². The van der Waals surface area contributed by atoms with Gasteiger partial charge in [0.05, 0.1) is 33.0 Å². The highest BCUT2D eigenvalue weighted by molar-refractivity contribution is 6.34. The highest BCUT2D eigenvalue weighted by Gasteiger charge is 2.49. The zero-order chi connectivity index (χ0) is 15.1. The summed E-state index contributed by atoms with van der Waals surface area (Å²) < 4.78 is 6.18. The molecule has 1 N–H and O–H groups in total. The molecule has 0 bridgehead atoms. The molecule has 5 heteroatoms. The van der Waals surface area contributed by atoms with Gasteiger partial charge in [0.25, 0.3) is 0 Å². The summed E-state index contributed by atoms with van der Waals surface area (Å²) in [6.45, 7) is 8.50. The Kier molecular flexibility index (Phi) is 4.37. The van der Waals surface area contributed by atoms with Crippen molar-refractivity contribution in [3.63, 3.8) is 0 Å². The predicted octanol–water partition coefficient (Wildman–Crippen LogP) is 4.24. The van der Waals surface area contributed by atoms with Crippen LogP contribution in [0.5, 0.6) is 0 Å². The summed E-state index contributed by atoms with van der Waals surface area (Å²) in [5.74, 6) is 0.286. The maximum absolute atomic E-state index is 6.32. The molecular weight excluding hydrogens is 295 g/mol. The van der Waals surface area contributed by atoms with Gasteiger partial charge in [0.2, 0.25) is 0 Å². The summed E-state index contributed by atoms with van der Waals surface area (Å²) in [7, 11) is 1.93. The Morgan fingerprint density at radius 1 is 1.35 bits per heavy atom. The number of nitrogens with zero attached hydrogens (tertiary/aromatic N) is 1. The van der Waals surface area contributed by atoms with Crippen LogP contribution < -0.4 is 5.32 Å². The van der Waals surface area contributed by atoms with Crippen LogP contribution in [0.15, 0.2) is 12.3 Å². The fourth-order valence-corrected chi connectivity index (χ4v) is 3.80. The number of hydrogen-bond acceptors (Lipinski definition) is 3. The number of pyridine rings is 1. The van der Waals surface area contributed by atoms with Crippen LogP contribution in [-0.4, -0.2) is 23.2 Å². The second kappa shape index (κ2) is 5.45. The van der Waals surface area contributed by atoms with E-state index in [0.29, 0.717) is 10.0 Å². The second-order valence-corrected chi connectivity index (χ2v) is 7.41. The molecule has 0 radical (unpaired) electrons. The van der Waals surface area contributed by atoms with E-state index in [1.165, 1.54) is 0 Å². The molecular formula is C15H22Cl2N2O. The molecule has 1 aliphatic rings. The summed E-state index contributed by atoms with van der Waals surface area (Å²) in [5, 5.41) is 4.49. The number of aromatic nitrogens is 1. The average molecular weight is 317 g/mol. The lowest BCUT2D eigenvalue weighted by Gasteiger charge is -2.32. The lowest BCUT2D eigenvalue weighted by molar-refractivity contribution is -0.0778. The lowest BCUT2D eigenvalue weighted by Crippen LogP contribution is -2.37. The van der Waals surface area contributed by atoms with Gasteiger partial charge >= 0.3 is 0 Å². The highest BCUT2D eigenvalue weighted by atomic mass is 35.5. The SMILES string of the molecule is CNC(c1ncc(Cl)cc1Cl)C1CC(C)(C)OC1(C)C. The molecule has 2 unspecified atom stereocenters. The van der Waals surface area contributed by atoms with Crippen molar-refractivity contribution in [2.24, 2.45) is 5.92 Å². The Bertz CT molecular complexity index is 503. The smallest absolute Gasteiger partial charge is 0.0764 e.